The maximum atomic E-state index is 5.45. The summed E-state index contributed by atoms with van der Waals surface area (Å²) in [5, 5.41) is 0. The van der Waals surface area contributed by atoms with Gasteiger partial charge in [-0.3, -0.25) is 0 Å². The molecule has 0 aliphatic carbocycles. The molecule has 0 N–H and O–H groups in total. The van der Waals surface area contributed by atoms with E-state index < -0.39 is 0 Å². The van der Waals surface area contributed by atoms with Gasteiger partial charge in [0, 0.05) is 12.6 Å². The van der Waals surface area contributed by atoms with Gasteiger partial charge in [0.2, 0.25) is 0 Å². The molecule has 1 aliphatic rings. The first-order valence-electron chi connectivity index (χ1n) is 4.44. The molecule has 12 heavy (non-hydrogen) atoms. The molecular formula is C10H15NO. The fraction of sp³-hybridized carbons (Fsp3) is 0.500. The zero-order valence-electron chi connectivity index (χ0n) is 7.49. The second kappa shape index (κ2) is 5.58. The smallest absolute Gasteiger partial charge is 0.191 e. The lowest BCUT2D eigenvalue weighted by Gasteiger charge is -2.04. The van der Waals surface area contributed by atoms with Crippen LogP contribution in [0, 0.1) is 0 Å². The van der Waals surface area contributed by atoms with Crippen LogP contribution in [0.25, 0.3) is 0 Å². The first-order valence-corrected chi connectivity index (χ1v) is 4.44. The zero-order chi connectivity index (χ0) is 8.65. The van der Waals surface area contributed by atoms with Crippen molar-refractivity contribution >= 4 is 5.90 Å². The van der Waals surface area contributed by atoms with Crippen LogP contribution in [0.2, 0.25) is 0 Å². The Morgan fingerprint density at radius 3 is 3.25 bits per heavy atom. The fourth-order valence-electron chi connectivity index (χ4n) is 0.906. The summed E-state index contributed by atoms with van der Waals surface area (Å²) >= 11 is 0. The minimum absolute atomic E-state index is 0.789. The van der Waals surface area contributed by atoms with Crippen LogP contribution in [0.15, 0.2) is 29.4 Å². The van der Waals surface area contributed by atoms with Crippen LogP contribution < -0.4 is 0 Å². The molecule has 1 heterocycles. The maximum absolute atomic E-state index is 5.45. The van der Waals surface area contributed by atoms with Gasteiger partial charge in [-0.25, -0.2) is 4.99 Å². The van der Waals surface area contributed by atoms with Gasteiger partial charge < -0.3 is 4.74 Å². The van der Waals surface area contributed by atoms with E-state index in [1.54, 1.807) is 6.20 Å². The summed E-state index contributed by atoms with van der Waals surface area (Å²) in [5.74, 6) is 0.827. The van der Waals surface area contributed by atoms with Gasteiger partial charge in [-0.15, -0.1) is 0 Å². The van der Waals surface area contributed by atoms with Crippen LogP contribution in [0.4, 0.5) is 0 Å². The van der Waals surface area contributed by atoms with Crippen LogP contribution in [0.1, 0.15) is 26.2 Å². The van der Waals surface area contributed by atoms with Gasteiger partial charge in [-0.1, -0.05) is 25.5 Å². The van der Waals surface area contributed by atoms with Crippen molar-refractivity contribution in [2.45, 2.75) is 26.2 Å². The summed E-state index contributed by atoms with van der Waals surface area (Å²) in [5.41, 5.74) is 0. The van der Waals surface area contributed by atoms with Gasteiger partial charge in [0.15, 0.2) is 5.90 Å². The van der Waals surface area contributed by atoms with E-state index in [9.17, 15) is 0 Å². The lowest BCUT2D eigenvalue weighted by Crippen LogP contribution is -2.04. The topological polar surface area (TPSA) is 21.6 Å². The predicted octanol–water partition coefficient (Wildman–Crippen LogP) is 2.68. The van der Waals surface area contributed by atoms with Crippen molar-refractivity contribution in [1.29, 1.82) is 0 Å². The Labute approximate surface area is 73.6 Å². The van der Waals surface area contributed by atoms with Crippen LogP contribution in [-0.4, -0.2) is 12.5 Å². The molecule has 0 atom stereocenters. The molecule has 0 saturated carbocycles. The molecule has 0 amide bonds. The lowest BCUT2D eigenvalue weighted by molar-refractivity contribution is 0.291. The molecule has 0 bridgehead atoms. The Kier molecular flexibility index (Phi) is 4.21. The van der Waals surface area contributed by atoms with E-state index in [4.69, 9.17) is 4.74 Å². The highest BCUT2D eigenvalue weighted by Crippen LogP contribution is 1.99. The molecular weight excluding hydrogens is 150 g/mol. The molecule has 2 heteroatoms. The van der Waals surface area contributed by atoms with Crippen LogP contribution in [0.5, 0.6) is 0 Å². The molecule has 0 saturated heterocycles. The fourth-order valence-corrected chi connectivity index (χ4v) is 0.906. The van der Waals surface area contributed by atoms with E-state index in [0.717, 1.165) is 25.3 Å². The van der Waals surface area contributed by atoms with E-state index in [1.165, 1.54) is 6.42 Å². The highest BCUT2D eigenvalue weighted by molar-refractivity contribution is 5.78. The highest BCUT2D eigenvalue weighted by atomic mass is 16.5. The Morgan fingerprint density at radius 2 is 2.42 bits per heavy atom. The molecule has 0 radical (unpaired) electrons. The summed E-state index contributed by atoms with van der Waals surface area (Å²) in [7, 11) is 0. The van der Waals surface area contributed by atoms with E-state index in [0.29, 0.717) is 0 Å². The minimum atomic E-state index is 0.789. The van der Waals surface area contributed by atoms with Gasteiger partial charge in [0.25, 0.3) is 0 Å². The third kappa shape index (κ3) is 3.37. The SMILES string of the molecule is CCCCOC1=NC=CC=CC1. The van der Waals surface area contributed by atoms with Crippen molar-refractivity contribution in [3.05, 3.63) is 24.4 Å². The molecule has 0 aromatic heterocycles. The molecule has 0 aromatic carbocycles. The van der Waals surface area contributed by atoms with Crippen LogP contribution in [-0.2, 0) is 4.74 Å². The third-order valence-electron chi connectivity index (χ3n) is 1.61. The van der Waals surface area contributed by atoms with E-state index in [2.05, 4.69) is 11.9 Å². The first kappa shape index (κ1) is 9.04. The Hall–Kier alpha value is -1.05. The largest absolute Gasteiger partial charge is 0.481 e. The maximum Gasteiger partial charge on any atom is 0.191 e. The standard InChI is InChI=1S/C10H15NO/c1-2-3-9-12-10-7-5-4-6-8-11-10/h4-6,8H,2-3,7,9H2,1H3. The number of ether oxygens (including phenoxy) is 1. The molecule has 1 aliphatic heterocycles. The van der Waals surface area contributed by atoms with Crippen LogP contribution in [0.3, 0.4) is 0 Å². The molecule has 0 aromatic rings. The van der Waals surface area contributed by atoms with E-state index in [-0.39, 0.29) is 0 Å². The number of aliphatic imine (C=N–C) groups is 1. The number of allylic oxidation sites excluding steroid dienone is 2. The van der Waals surface area contributed by atoms with E-state index >= 15 is 0 Å². The quantitative estimate of drug-likeness (QED) is 0.589. The van der Waals surface area contributed by atoms with Crippen molar-refractivity contribution in [2.24, 2.45) is 4.99 Å². The van der Waals surface area contributed by atoms with Gasteiger partial charge in [-0.05, 0) is 12.5 Å². The predicted molar refractivity (Wildman–Crippen MR) is 51.2 cm³/mol. The normalized spacial score (nSPS) is 15.6. The average Bonchev–Trinajstić information content (AvgIpc) is 2.33. The van der Waals surface area contributed by atoms with Crippen molar-refractivity contribution in [3.63, 3.8) is 0 Å². The zero-order valence-corrected chi connectivity index (χ0v) is 7.49. The molecule has 0 fully saturated rings. The van der Waals surface area contributed by atoms with Crippen molar-refractivity contribution < 1.29 is 4.74 Å². The molecule has 2 nitrogen and oxygen atoms in total. The van der Waals surface area contributed by atoms with Crippen molar-refractivity contribution in [1.82, 2.24) is 0 Å². The van der Waals surface area contributed by atoms with Gasteiger partial charge in [0.05, 0.1) is 6.61 Å². The van der Waals surface area contributed by atoms with Gasteiger partial charge in [-0.2, -0.15) is 0 Å². The van der Waals surface area contributed by atoms with Gasteiger partial charge in [0.1, 0.15) is 0 Å². The highest BCUT2D eigenvalue weighted by Gasteiger charge is 1.97. The average molecular weight is 165 g/mol. The third-order valence-corrected chi connectivity index (χ3v) is 1.61. The summed E-state index contributed by atoms with van der Waals surface area (Å²) in [4.78, 5) is 4.15. The lowest BCUT2D eigenvalue weighted by atomic mass is 10.3. The second-order valence-corrected chi connectivity index (χ2v) is 2.70. The molecule has 0 unspecified atom stereocenters. The molecule has 1 rings (SSSR count). The second-order valence-electron chi connectivity index (χ2n) is 2.70. The molecule has 0 spiro atoms. The Morgan fingerprint density at radius 1 is 1.50 bits per heavy atom. The summed E-state index contributed by atoms with van der Waals surface area (Å²) < 4.78 is 5.45. The number of rotatable bonds is 3. The number of hydrogen-bond donors (Lipinski definition) is 0. The summed E-state index contributed by atoms with van der Waals surface area (Å²) in [6.45, 7) is 2.94. The number of unbranched alkanes of at least 4 members (excludes halogenated alkanes) is 1. The van der Waals surface area contributed by atoms with Gasteiger partial charge >= 0.3 is 0 Å². The van der Waals surface area contributed by atoms with Crippen molar-refractivity contribution in [3.8, 4) is 0 Å². The number of nitrogens with zero attached hydrogens (tertiary/aromatic N) is 1. The van der Waals surface area contributed by atoms with Crippen molar-refractivity contribution in [2.75, 3.05) is 6.61 Å². The molecule has 66 valence electrons. The Bertz CT molecular complexity index is 204. The first-order chi connectivity index (χ1) is 5.93. The summed E-state index contributed by atoms with van der Waals surface area (Å²) in [6, 6.07) is 0. The minimum Gasteiger partial charge on any atom is -0.481 e. The summed E-state index contributed by atoms with van der Waals surface area (Å²) in [6.07, 6.45) is 10.8. The monoisotopic (exact) mass is 165 g/mol. The number of hydrogen-bond acceptors (Lipinski definition) is 2. The van der Waals surface area contributed by atoms with Crippen LogP contribution >= 0.6 is 0 Å². The van der Waals surface area contributed by atoms with E-state index in [1.807, 2.05) is 18.2 Å². The Balaban J connectivity index is 2.26.